The Balaban J connectivity index is 1.22. The van der Waals surface area contributed by atoms with Crippen molar-refractivity contribution in [3.8, 4) is 51.1 Å². The first-order valence-corrected chi connectivity index (χ1v) is 15.3. The standard InChI is InChI=1S/C42H25N3O/c43-25-26-10-8-13-28(20-26)38-24-37(27-11-2-1-3-12-27)44-42(45-38)30-15-9-14-29(21-30)41-33-18-5-4-16-31(33)34-23-40-35(22-36(34)41)32-17-6-7-19-39(32)46-40/h1-24,41H. The van der Waals surface area contributed by atoms with Crippen LogP contribution in [0.3, 0.4) is 0 Å². The number of furan rings is 1. The number of nitriles is 1. The van der Waals surface area contributed by atoms with E-state index in [9.17, 15) is 5.26 Å². The van der Waals surface area contributed by atoms with Crippen molar-refractivity contribution in [2.24, 2.45) is 0 Å². The van der Waals surface area contributed by atoms with Crippen molar-refractivity contribution >= 4 is 21.9 Å². The van der Waals surface area contributed by atoms with Gasteiger partial charge in [-0.1, -0.05) is 103 Å². The van der Waals surface area contributed by atoms with Gasteiger partial charge in [-0.15, -0.1) is 0 Å². The molecule has 1 aliphatic rings. The Bertz CT molecular complexity index is 2500. The smallest absolute Gasteiger partial charge is 0.160 e. The van der Waals surface area contributed by atoms with Crippen molar-refractivity contribution < 1.29 is 4.42 Å². The van der Waals surface area contributed by atoms with Gasteiger partial charge in [-0.3, -0.25) is 0 Å². The van der Waals surface area contributed by atoms with E-state index in [1.165, 1.54) is 27.8 Å². The molecule has 4 heteroatoms. The van der Waals surface area contributed by atoms with E-state index in [0.717, 1.165) is 50.0 Å². The van der Waals surface area contributed by atoms with Crippen molar-refractivity contribution in [2.45, 2.75) is 5.92 Å². The number of rotatable bonds is 4. The molecule has 2 heterocycles. The zero-order valence-electron chi connectivity index (χ0n) is 24.7. The lowest BCUT2D eigenvalue weighted by molar-refractivity contribution is 0.669. The van der Waals surface area contributed by atoms with Crippen molar-refractivity contribution in [2.75, 3.05) is 0 Å². The normalized spacial score (nSPS) is 13.4. The molecule has 0 saturated heterocycles. The van der Waals surface area contributed by atoms with Crippen LogP contribution in [-0.4, -0.2) is 9.97 Å². The van der Waals surface area contributed by atoms with E-state index in [4.69, 9.17) is 14.4 Å². The Kier molecular flexibility index (Phi) is 5.91. The number of benzene rings is 6. The van der Waals surface area contributed by atoms with Crippen molar-refractivity contribution in [1.29, 1.82) is 5.26 Å². The highest BCUT2D eigenvalue weighted by molar-refractivity contribution is 6.07. The minimum Gasteiger partial charge on any atom is -0.456 e. The minimum absolute atomic E-state index is 0.0494. The number of para-hydroxylation sites is 1. The van der Waals surface area contributed by atoms with Gasteiger partial charge in [-0.05, 0) is 70.3 Å². The molecule has 0 spiro atoms. The van der Waals surface area contributed by atoms with Crippen LogP contribution in [0.15, 0.2) is 150 Å². The Morgan fingerprint density at radius 3 is 2.15 bits per heavy atom. The molecule has 0 bridgehead atoms. The van der Waals surface area contributed by atoms with Crippen molar-refractivity contribution in [3.05, 3.63) is 168 Å². The molecule has 46 heavy (non-hydrogen) atoms. The molecule has 0 N–H and O–H groups in total. The van der Waals surface area contributed by atoms with E-state index in [1.807, 2.05) is 60.7 Å². The van der Waals surface area contributed by atoms with Crippen LogP contribution < -0.4 is 0 Å². The van der Waals surface area contributed by atoms with Crippen LogP contribution in [0.2, 0.25) is 0 Å². The predicted octanol–water partition coefficient (Wildman–Crippen LogP) is 10.4. The summed E-state index contributed by atoms with van der Waals surface area (Å²) >= 11 is 0. The molecule has 1 atom stereocenters. The Labute approximate surface area is 265 Å². The highest BCUT2D eigenvalue weighted by Crippen LogP contribution is 2.50. The van der Waals surface area contributed by atoms with Crippen LogP contribution in [0.4, 0.5) is 0 Å². The Morgan fingerprint density at radius 2 is 1.26 bits per heavy atom. The topological polar surface area (TPSA) is 62.7 Å². The second-order valence-corrected chi connectivity index (χ2v) is 11.7. The zero-order chi connectivity index (χ0) is 30.6. The quantitative estimate of drug-likeness (QED) is 0.205. The molecule has 214 valence electrons. The molecular formula is C42H25N3O. The number of hydrogen-bond donors (Lipinski definition) is 0. The van der Waals surface area contributed by atoms with Gasteiger partial charge in [-0.2, -0.15) is 5.26 Å². The molecule has 1 aliphatic carbocycles. The van der Waals surface area contributed by atoms with Crippen LogP contribution in [0.25, 0.3) is 67.0 Å². The summed E-state index contributed by atoms with van der Waals surface area (Å²) < 4.78 is 6.29. The lowest BCUT2D eigenvalue weighted by atomic mass is 9.88. The lowest BCUT2D eigenvalue weighted by Gasteiger charge is -2.16. The van der Waals surface area contributed by atoms with Gasteiger partial charge in [-0.25, -0.2) is 9.97 Å². The predicted molar refractivity (Wildman–Crippen MR) is 183 cm³/mol. The van der Waals surface area contributed by atoms with E-state index in [2.05, 4.69) is 91.0 Å². The molecule has 0 fully saturated rings. The molecule has 0 amide bonds. The molecule has 0 aliphatic heterocycles. The second kappa shape index (κ2) is 10.4. The van der Waals surface area contributed by atoms with Gasteiger partial charge in [0.1, 0.15) is 11.2 Å². The summed E-state index contributed by atoms with van der Waals surface area (Å²) in [4.78, 5) is 10.1. The fourth-order valence-corrected chi connectivity index (χ4v) is 6.87. The van der Waals surface area contributed by atoms with Gasteiger partial charge in [0.15, 0.2) is 5.82 Å². The Hall–Kier alpha value is -6.31. The average molecular weight is 588 g/mol. The van der Waals surface area contributed by atoms with E-state index in [-0.39, 0.29) is 5.92 Å². The third-order valence-electron chi connectivity index (χ3n) is 8.98. The summed E-state index contributed by atoms with van der Waals surface area (Å²) in [6, 6.07) is 52.1. The number of hydrogen-bond acceptors (Lipinski definition) is 4. The van der Waals surface area contributed by atoms with E-state index in [1.54, 1.807) is 0 Å². The fraction of sp³-hybridized carbons (Fsp3) is 0.0238. The summed E-state index contributed by atoms with van der Waals surface area (Å²) in [5.41, 5.74) is 13.0. The molecule has 8 aromatic rings. The molecule has 6 aromatic carbocycles. The molecule has 9 rings (SSSR count). The molecular weight excluding hydrogens is 562 g/mol. The molecule has 1 unspecified atom stereocenters. The first-order valence-electron chi connectivity index (χ1n) is 15.3. The first kappa shape index (κ1) is 26.1. The number of fused-ring (bicyclic) bond motifs is 6. The van der Waals surface area contributed by atoms with Gasteiger partial charge in [0.25, 0.3) is 0 Å². The molecule has 4 nitrogen and oxygen atoms in total. The third-order valence-corrected chi connectivity index (χ3v) is 8.98. The van der Waals surface area contributed by atoms with Crippen LogP contribution in [-0.2, 0) is 0 Å². The van der Waals surface area contributed by atoms with Crippen molar-refractivity contribution in [3.63, 3.8) is 0 Å². The van der Waals surface area contributed by atoms with Gasteiger partial charge < -0.3 is 4.42 Å². The second-order valence-electron chi connectivity index (χ2n) is 11.7. The maximum Gasteiger partial charge on any atom is 0.160 e. The summed E-state index contributed by atoms with van der Waals surface area (Å²) in [7, 11) is 0. The van der Waals surface area contributed by atoms with E-state index < -0.39 is 0 Å². The van der Waals surface area contributed by atoms with Crippen LogP contribution in [0.5, 0.6) is 0 Å². The fourth-order valence-electron chi connectivity index (χ4n) is 6.87. The third kappa shape index (κ3) is 4.22. The van der Waals surface area contributed by atoms with Crippen LogP contribution in [0, 0.1) is 11.3 Å². The van der Waals surface area contributed by atoms with Crippen LogP contribution >= 0.6 is 0 Å². The highest BCUT2D eigenvalue weighted by atomic mass is 16.3. The van der Waals surface area contributed by atoms with Gasteiger partial charge >= 0.3 is 0 Å². The largest absolute Gasteiger partial charge is 0.456 e. The van der Waals surface area contributed by atoms with Gasteiger partial charge in [0.2, 0.25) is 0 Å². The summed E-state index contributed by atoms with van der Waals surface area (Å²) in [5, 5.41) is 11.8. The maximum atomic E-state index is 9.56. The molecule has 0 radical (unpaired) electrons. The minimum atomic E-state index is 0.0494. The summed E-state index contributed by atoms with van der Waals surface area (Å²) in [6.45, 7) is 0. The zero-order valence-corrected chi connectivity index (χ0v) is 24.7. The first-order chi connectivity index (χ1) is 22.7. The van der Waals surface area contributed by atoms with Gasteiger partial charge in [0.05, 0.1) is 23.0 Å². The SMILES string of the molecule is N#Cc1cccc(-c2cc(-c3ccccc3)nc(-c3cccc(C4c5ccccc5-c5cc6oc7ccccc7c6cc54)c3)n2)c1. The van der Waals surface area contributed by atoms with E-state index >= 15 is 0 Å². The average Bonchev–Trinajstić information content (AvgIpc) is 3.65. The maximum absolute atomic E-state index is 9.56. The Morgan fingerprint density at radius 1 is 0.522 bits per heavy atom. The summed E-state index contributed by atoms with van der Waals surface area (Å²) in [6.07, 6.45) is 0. The summed E-state index contributed by atoms with van der Waals surface area (Å²) in [5.74, 6) is 0.691. The number of nitrogens with zero attached hydrogens (tertiary/aromatic N) is 3. The molecule has 2 aromatic heterocycles. The highest BCUT2D eigenvalue weighted by Gasteiger charge is 2.31. The van der Waals surface area contributed by atoms with E-state index in [0.29, 0.717) is 11.4 Å². The molecule has 0 saturated carbocycles. The monoisotopic (exact) mass is 587 g/mol. The van der Waals surface area contributed by atoms with Gasteiger partial charge in [0, 0.05) is 33.4 Å². The van der Waals surface area contributed by atoms with Crippen LogP contribution in [0.1, 0.15) is 28.2 Å². The van der Waals surface area contributed by atoms with Crippen molar-refractivity contribution in [1.82, 2.24) is 9.97 Å². The lowest BCUT2D eigenvalue weighted by Crippen LogP contribution is -2.01. The number of aromatic nitrogens is 2.